The smallest absolute Gasteiger partial charge is 0.230 e. The average Bonchev–Trinajstić information content (AvgIpc) is 2.93. The molecule has 0 radical (unpaired) electrons. The molecule has 1 atom stereocenters. The lowest BCUT2D eigenvalue weighted by Crippen LogP contribution is -2.39. The predicted molar refractivity (Wildman–Crippen MR) is 79.9 cm³/mol. The molecular formula is C17H20N2O2. The van der Waals surface area contributed by atoms with Gasteiger partial charge in [0.05, 0.1) is 12.1 Å². The molecule has 1 amide bonds. The Morgan fingerprint density at radius 2 is 2.19 bits per heavy atom. The fourth-order valence-electron chi connectivity index (χ4n) is 2.96. The van der Waals surface area contributed by atoms with Gasteiger partial charge in [-0.25, -0.2) is 0 Å². The minimum absolute atomic E-state index is 0.131. The summed E-state index contributed by atoms with van der Waals surface area (Å²) in [4.78, 5) is 14.3. The number of nitrogens with zero attached hydrogens (tertiary/aromatic N) is 2. The summed E-state index contributed by atoms with van der Waals surface area (Å²) in [6.45, 7) is 3.51. The normalized spacial score (nSPS) is 18.7. The molecule has 1 aromatic heterocycles. The molecule has 0 spiro atoms. The molecule has 1 aromatic carbocycles. The van der Waals surface area contributed by atoms with E-state index in [9.17, 15) is 4.79 Å². The van der Waals surface area contributed by atoms with Gasteiger partial charge in [0, 0.05) is 25.1 Å². The number of piperidine rings is 1. The zero-order valence-electron chi connectivity index (χ0n) is 12.3. The van der Waals surface area contributed by atoms with Crippen molar-refractivity contribution in [3.05, 3.63) is 53.4 Å². The maximum absolute atomic E-state index is 12.4. The first kappa shape index (κ1) is 13.9. The van der Waals surface area contributed by atoms with Gasteiger partial charge < -0.3 is 9.42 Å². The summed E-state index contributed by atoms with van der Waals surface area (Å²) < 4.78 is 5.14. The van der Waals surface area contributed by atoms with Gasteiger partial charge in [0.2, 0.25) is 5.91 Å². The highest BCUT2D eigenvalue weighted by Gasteiger charge is 2.25. The lowest BCUT2D eigenvalue weighted by molar-refractivity contribution is -0.132. The van der Waals surface area contributed by atoms with Crippen LogP contribution in [-0.4, -0.2) is 29.1 Å². The first-order valence-corrected chi connectivity index (χ1v) is 7.47. The highest BCUT2D eigenvalue weighted by Crippen LogP contribution is 2.27. The second-order valence-corrected chi connectivity index (χ2v) is 5.70. The molecule has 0 aliphatic carbocycles. The summed E-state index contributed by atoms with van der Waals surface area (Å²) in [6, 6.07) is 12.3. The van der Waals surface area contributed by atoms with Gasteiger partial charge in [0.1, 0.15) is 5.76 Å². The highest BCUT2D eigenvalue weighted by molar-refractivity contribution is 5.78. The number of hydrogen-bond donors (Lipinski definition) is 0. The van der Waals surface area contributed by atoms with Crippen LogP contribution in [0.1, 0.15) is 35.8 Å². The Morgan fingerprint density at radius 1 is 1.38 bits per heavy atom. The summed E-state index contributed by atoms with van der Waals surface area (Å²) >= 11 is 0. The second kappa shape index (κ2) is 6.12. The number of benzene rings is 1. The van der Waals surface area contributed by atoms with Gasteiger partial charge in [-0.05, 0) is 25.3 Å². The lowest BCUT2D eigenvalue weighted by atomic mass is 9.90. The van der Waals surface area contributed by atoms with Crippen LogP contribution in [0.15, 0.2) is 40.9 Å². The quantitative estimate of drug-likeness (QED) is 0.870. The van der Waals surface area contributed by atoms with E-state index in [-0.39, 0.29) is 5.91 Å². The summed E-state index contributed by atoms with van der Waals surface area (Å²) in [7, 11) is 0. The Balaban J connectivity index is 1.64. The van der Waals surface area contributed by atoms with Gasteiger partial charge in [-0.1, -0.05) is 35.5 Å². The summed E-state index contributed by atoms with van der Waals surface area (Å²) in [5.74, 6) is 1.23. The minimum atomic E-state index is 0.131. The van der Waals surface area contributed by atoms with E-state index in [0.717, 1.165) is 31.6 Å². The van der Waals surface area contributed by atoms with Gasteiger partial charge in [-0.15, -0.1) is 0 Å². The molecule has 2 heterocycles. The van der Waals surface area contributed by atoms with Crippen molar-refractivity contribution in [3.8, 4) is 0 Å². The first-order chi connectivity index (χ1) is 10.2. The molecular weight excluding hydrogens is 264 g/mol. The van der Waals surface area contributed by atoms with Gasteiger partial charge in [-0.3, -0.25) is 4.79 Å². The molecule has 21 heavy (non-hydrogen) atoms. The Kier molecular flexibility index (Phi) is 4.04. The van der Waals surface area contributed by atoms with Crippen LogP contribution in [0.2, 0.25) is 0 Å². The number of aromatic nitrogens is 1. The third kappa shape index (κ3) is 3.32. The van der Waals surface area contributed by atoms with Gasteiger partial charge >= 0.3 is 0 Å². The fourth-order valence-corrected chi connectivity index (χ4v) is 2.96. The molecule has 4 nitrogen and oxygen atoms in total. The molecule has 1 aliphatic heterocycles. The largest absolute Gasteiger partial charge is 0.361 e. The van der Waals surface area contributed by atoms with E-state index in [1.165, 1.54) is 5.56 Å². The van der Waals surface area contributed by atoms with Gasteiger partial charge in [0.15, 0.2) is 0 Å². The number of carbonyl (C=O) groups is 1. The summed E-state index contributed by atoms with van der Waals surface area (Å²) in [5, 5.41) is 3.83. The van der Waals surface area contributed by atoms with E-state index < -0.39 is 0 Å². The van der Waals surface area contributed by atoms with Crippen LogP contribution in [0, 0.1) is 6.92 Å². The van der Waals surface area contributed by atoms with Crippen LogP contribution in [0.25, 0.3) is 0 Å². The van der Waals surface area contributed by atoms with Crippen molar-refractivity contribution in [1.29, 1.82) is 0 Å². The monoisotopic (exact) mass is 284 g/mol. The first-order valence-electron chi connectivity index (χ1n) is 7.47. The topological polar surface area (TPSA) is 46.3 Å². The fraction of sp³-hybridized carbons (Fsp3) is 0.412. The van der Waals surface area contributed by atoms with E-state index in [2.05, 4.69) is 29.4 Å². The molecule has 1 saturated heterocycles. The van der Waals surface area contributed by atoms with E-state index in [1.54, 1.807) is 0 Å². The van der Waals surface area contributed by atoms with Crippen molar-refractivity contribution < 1.29 is 9.32 Å². The molecule has 1 unspecified atom stereocenters. The molecule has 0 N–H and O–H groups in total. The second-order valence-electron chi connectivity index (χ2n) is 5.70. The Morgan fingerprint density at radius 3 is 2.90 bits per heavy atom. The minimum Gasteiger partial charge on any atom is -0.361 e. The van der Waals surface area contributed by atoms with Crippen LogP contribution in [0.4, 0.5) is 0 Å². The number of rotatable bonds is 3. The maximum atomic E-state index is 12.4. The third-order valence-electron chi connectivity index (χ3n) is 4.05. The van der Waals surface area contributed by atoms with Gasteiger partial charge in [0.25, 0.3) is 0 Å². The Labute approximate surface area is 124 Å². The number of hydrogen-bond acceptors (Lipinski definition) is 3. The van der Waals surface area contributed by atoms with Crippen LogP contribution in [-0.2, 0) is 11.2 Å². The number of aryl methyl sites for hydroxylation is 1. The standard InChI is InChI=1S/C17H20N2O2/c1-13-10-16(21-18-13)11-17(20)19-9-5-8-15(12-19)14-6-3-2-4-7-14/h2-4,6-7,10,15H,5,8-9,11-12H2,1H3. The maximum Gasteiger partial charge on any atom is 0.230 e. The van der Waals surface area contributed by atoms with Crippen molar-refractivity contribution in [1.82, 2.24) is 10.1 Å². The molecule has 2 aromatic rings. The number of likely N-dealkylation sites (tertiary alicyclic amines) is 1. The Bertz CT molecular complexity index is 606. The van der Waals surface area contributed by atoms with E-state index >= 15 is 0 Å². The zero-order valence-corrected chi connectivity index (χ0v) is 12.3. The lowest BCUT2D eigenvalue weighted by Gasteiger charge is -2.33. The van der Waals surface area contributed by atoms with E-state index in [0.29, 0.717) is 18.1 Å². The molecule has 1 fully saturated rings. The average molecular weight is 284 g/mol. The predicted octanol–water partition coefficient (Wildman–Crippen LogP) is 2.93. The zero-order chi connectivity index (χ0) is 14.7. The number of carbonyl (C=O) groups excluding carboxylic acids is 1. The van der Waals surface area contributed by atoms with E-state index in [1.807, 2.05) is 24.0 Å². The van der Waals surface area contributed by atoms with Gasteiger partial charge in [-0.2, -0.15) is 0 Å². The summed E-state index contributed by atoms with van der Waals surface area (Å²) in [5.41, 5.74) is 2.14. The van der Waals surface area contributed by atoms with Crippen molar-refractivity contribution in [3.63, 3.8) is 0 Å². The van der Waals surface area contributed by atoms with Crippen molar-refractivity contribution in [2.75, 3.05) is 13.1 Å². The van der Waals surface area contributed by atoms with Crippen molar-refractivity contribution in [2.45, 2.75) is 32.1 Å². The van der Waals surface area contributed by atoms with Crippen LogP contribution in [0.5, 0.6) is 0 Å². The van der Waals surface area contributed by atoms with E-state index in [4.69, 9.17) is 4.52 Å². The Hall–Kier alpha value is -2.10. The molecule has 0 bridgehead atoms. The third-order valence-corrected chi connectivity index (χ3v) is 4.05. The molecule has 1 aliphatic rings. The van der Waals surface area contributed by atoms with Crippen LogP contribution < -0.4 is 0 Å². The number of amides is 1. The van der Waals surface area contributed by atoms with Crippen LogP contribution in [0.3, 0.4) is 0 Å². The summed E-state index contributed by atoms with van der Waals surface area (Å²) in [6.07, 6.45) is 2.51. The molecule has 0 saturated carbocycles. The van der Waals surface area contributed by atoms with Crippen LogP contribution >= 0.6 is 0 Å². The van der Waals surface area contributed by atoms with Crippen molar-refractivity contribution >= 4 is 5.91 Å². The molecule has 4 heteroatoms. The highest BCUT2D eigenvalue weighted by atomic mass is 16.5. The molecule has 3 rings (SSSR count). The van der Waals surface area contributed by atoms with Crippen molar-refractivity contribution in [2.24, 2.45) is 0 Å². The molecule has 110 valence electrons. The SMILES string of the molecule is Cc1cc(CC(=O)N2CCCC(c3ccccc3)C2)on1.